The van der Waals surface area contributed by atoms with Gasteiger partial charge >= 0.3 is 0 Å². The van der Waals surface area contributed by atoms with Crippen LogP contribution >= 0.6 is 23.2 Å². The van der Waals surface area contributed by atoms with E-state index in [4.69, 9.17) is 23.2 Å². The fourth-order valence-electron chi connectivity index (χ4n) is 2.00. The molecule has 0 unspecified atom stereocenters. The second-order valence-electron chi connectivity index (χ2n) is 5.72. The molecule has 9 nitrogen and oxygen atoms in total. The maximum absolute atomic E-state index is 11.9. The summed E-state index contributed by atoms with van der Waals surface area (Å²) in [7, 11) is 0. The number of hydrogen-bond donors (Lipinski definition) is 1. The van der Waals surface area contributed by atoms with E-state index in [1.165, 1.54) is 44.2 Å². The van der Waals surface area contributed by atoms with E-state index in [1.54, 1.807) is 6.08 Å². The predicted molar refractivity (Wildman–Crippen MR) is 104 cm³/mol. The molecular weight excluding hydrogens is 415 g/mol. The van der Waals surface area contributed by atoms with Gasteiger partial charge < -0.3 is 15.1 Å². The molecule has 0 spiro atoms. The molecule has 3 rings (SSSR count). The summed E-state index contributed by atoms with van der Waals surface area (Å²) in [6.45, 7) is 3.06. The third-order valence-corrected chi connectivity index (χ3v) is 3.80. The zero-order valence-corrected chi connectivity index (χ0v) is 16.1. The van der Waals surface area contributed by atoms with Gasteiger partial charge in [-0.25, -0.2) is 0 Å². The number of phenols is 1. The van der Waals surface area contributed by atoms with Gasteiger partial charge in [-0.1, -0.05) is 29.3 Å². The quantitative estimate of drug-likeness (QED) is 0.138. The van der Waals surface area contributed by atoms with Gasteiger partial charge in [0.1, 0.15) is 5.78 Å². The fraction of sp³-hybridized carbons (Fsp3) is 0.118. The van der Waals surface area contributed by atoms with Crippen molar-refractivity contribution in [1.29, 1.82) is 0 Å². The molecule has 148 valence electrons. The van der Waals surface area contributed by atoms with Crippen LogP contribution in [0.3, 0.4) is 0 Å². The number of nitro groups is 1. The van der Waals surface area contributed by atoms with Crippen molar-refractivity contribution in [2.24, 2.45) is 0 Å². The normalized spacial score (nSPS) is 14.3. The average molecular weight is 429 g/mol. The summed E-state index contributed by atoms with van der Waals surface area (Å²) in [6.07, 6.45) is 3.08. The SMILES string of the molecule is CC(C)=O.O=[N+]([O-])c1ccc(/C=C/c2cc(Cl)c(O)c(Cl)c2)c([N+]2([O-])OO2)c1. The number of phenolic OH excluding ortho intramolecular Hbond substituents is 1. The number of nitro benzene ring substituents is 1. The summed E-state index contributed by atoms with van der Waals surface area (Å²) >= 11 is 11.7. The van der Waals surface area contributed by atoms with Gasteiger partial charge in [0, 0.05) is 16.6 Å². The Hall–Kier alpha value is -2.53. The van der Waals surface area contributed by atoms with E-state index in [1.807, 2.05) is 0 Å². The molecule has 0 amide bonds. The highest BCUT2D eigenvalue weighted by Gasteiger charge is 2.48. The number of carbonyl (C=O) groups is 1. The van der Waals surface area contributed by atoms with Crippen LogP contribution in [0.2, 0.25) is 10.0 Å². The molecule has 1 heterocycles. The first kappa shape index (κ1) is 21.8. The number of non-ortho nitro benzene ring substituents is 1. The van der Waals surface area contributed by atoms with E-state index >= 15 is 0 Å². The number of rotatable bonds is 4. The van der Waals surface area contributed by atoms with Crippen molar-refractivity contribution in [3.63, 3.8) is 0 Å². The average Bonchev–Trinajstić information content (AvgIpc) is 3.35. The lowest BCUT2D eigenvalue weighted by Crippen LogP contribution is -2.15. The molecule has 1 aliphatic heterocycles. The van der Waals surface area contributed by atoms with Gasteiger partial charge in [0.15, 0.2) is 5.75 Å². The van der Waals surface area contributed by atoms with E-state index in [0.717, 1.165) is 6.07 Å². The lowest BCUT2D eigenvalue weighted by Gasteiger charge is -2.08. The second-order valence-corrected chi connectivity index (χ2v) is 6.54. The highest BCUT2D eigenvalue weighted by Crippen LogP contribution is 2.40. The third-order valence-electron chi connectivity index (χ3n) is 3.22. The van der Waals surface area contributed by atoms with Crippen molar-refractivity contribution in [3.8, 4) is 5.75 Å². The zero-order chi connectivity index (χ0) is 21.1. The molecule has 0 aliphatic carbocycles. The van der Waals surface area contributed by atoms with Crippen molar-refractivity contribution < 1.29 is 24.8 Å². The topological polar surface area (TPSA) is 129 Å². The van der Waals surface area contributed by atoms with Crippen molar-refractivity contribution in [1.82, 2.24) is 4.97 Å². The van der Waals surface area contributed by atoms with Crippen LogP contribution < -0.4 is 4.97 Å². The molecule has 0 bridgehead atoms. The Morgan fingerprint density at radius 3 is 2.14 bits per heavy atom. The minimum Gasteiger partial charge on any atom is -0.553 e. The smallest absolute Gasteiger partial charge is 0.275 e. The number of Topliss-reactive ketones (excluding diaryl/α,β-unsaturated/α-hetero) is 1. The Kier molecular flexibility index (Phi) is 6.73. The Morgan fingerprint density at radius 2 is 1.68 bits per heavy atom. The largest absolute Gasteiger partial charge is 0.553 e. The summed E-state index contributed by atoms with van der Waals surface area (Å²) in [5, 5.41) is 32.4. The highest BCUT2D eigenvalue weighted by molar-refractivity contribution is 6.37. The predicted octanol–water partition coefficient (Wildman–Crippen LogP) is 4.97. The summed E-state index contributed by atoms with van der Waals surface area (Å²) < 4.78 is 0. The van der Waals surface area contributed by atoms with Crippen LogP contribution in [0.4, 0.5) is 11.4 Å². The second kappa shape index (κ2) is 8.65. The first-order valence-electron chi connectivity index (χ1n) is 7.64. The van der Waals surface area contributed by atoms with E-state index in [-0.39, 0.29) is 33.0 Å². The molecule has 0 saturated carbocycles. The van der Waals surface area contributed by atoms with Gasteiger partial charge in [0.2, 0.25) is 5.69 Å². The number of benzene rings is 2. The molecule has 1 N–H and O–H groups in total. The lowest BCUT2D eigenvalue weighted by atomic mass is 10.1. The van der Waals surface area contributed by atoms with E-state index in [2.05, 4.69) is 9.98 Å². The summed E-state index contributed by atoms with van der Waals surface area (Å²) in [4.78, 5) is 26.7. The minimum atomic E-state index is -1.57. The molecular formula is C17H14Cl2N2O7. The summed E-state index contributed by atoms with van der Waals surface area (Å²) in [6, 6.07) is 6.63. The molecule has 1 saturated heterocycles. The van der Waals surface area contributed by atoms with Gasteiger partial charge in [-0.05, 0) is 43.7 Å². The molecule has 2 aromatic carbocycles. The van der Waals surface area contributed by atoms with Gasteiger partial charge in [-0.15, -0.1) is 0 Å². The van der Waals surface area contributed by atoms with Crippen LogP contribution in [0.1, 0.15) is 25.0 Å². The molecule has 0 radical (unpaired) electrons. The summed E-state index contributed by atoms with van der Waals surface area (Å²) in [5.41, 5.74) is 0.535. The molecule has 0 atom stereocenters. The number of quaternary nitrogens is 1. The first-order chi connectivity index (χ1) is 13.0. The molecule has 2 aromatic rings. The van der Waals surface area contributed by atoms with Gasteiger partial charge in [0.25, 0.3) is 5.69 Å². The molecule has 1 aliphatic rings. The molecule has 28 heavy (non-hydrogen) atoms. The van der Waals surface area contributed by atoms with E-state index < -0.39 is 9.90 Å². The molecule has 0 aromatic heterocycles. The third kappa shape index (κ3) is 5.49. The van der Waals surface area contributed by atoms with Gasteiger partial charge in [0.05, 0.1) is 31.0 Å². The van der Waals surface area contributed by atoms with Crippen molar-refractivity contribution in [3.05, 3.63) is 66.8 Å². The maximum Gasteiger partial charge on any atom is 0.275 e. The highest BCUT2D eigenvalue weighted by atomic mass is 35.5. The number of hydrogen-bond acceptors (Lipinski definition) is 7. The Balaban J connectivity index is 0.000000640. The Bertz CT molecular complexity index is 932. The van der Waals surface area contributed by atoms with Gasteiger partial charge in [-0.2, -0.15) is 0 Å². The number of halogens is 2. The monoisotopic (exact) mass is 428 g/mol. The lowest BCUT2D eigenvalue weighted by molar-refractivity contribution is -0.384. The number of nitrogens with zero attached hydrogens (tertiary/aromatic N) is 2. The zero-order valence-electron chi connectivity index (χ0n) is 14.6. The van der Waals surface area contributed by atoms with E-state index in [9.17, 15) is 25.2 Å². The molecule has 1 fully saturated rings. The number of aromatic hydroxyl groups is 1. The van der Waals surface area contributed by atoms with Crippen molar-refractivity contribution in [2.45, 2.75) is 13.8 Å². The Morgan fingerprint density at radius 1 is 1.14 bits per heavy atom. The van der Waals surface area contributed by atoms with Crippen molar-refractivity contribution >= 4 is 52.5 Å². The summed E-state index contributed by atoms with van der Waals surface area (Å²) in [5.74, 6) is -0.0681. The van der Waals surface area contributed by atoms with Gasteiger partial charge in [-0.3, -0.25) is 10.1 Å². The van der Waals surface area contributed by atoms with Crippen LogP contribution in [0, 0.1) is 15.3 Å². The number of ketones is 1. The van der Waals surface area contributed by atoms with E-state index in [0.29, 0.717) is 11.1 Å². The minimum absolute atomic E-state index is 0.0657. The van der Waals surface area contributed by atoms with Crippen molar-refractivity contribution in [2.75, 3.05) is 0 Å². The Labute approximate surface area is 169 Å². The maximum atomic E-state index is 11.9. The van der Waals surface area contributed by atoms with Crippen LogP contribution in [0.15, 0.2) is 30.3 Å². The first-order valence-corrected chi connectivity index (χ1v) is 8.39. The standard InChI is InChI=1S/C14H8Cl2N2O6.C3H6O/c15-11-5-8(6-12(16)14(11)19)1-2-9-3-4-10(17(20)21)7-13(9)18(22)23-24-18;1-3(2)4/h1-7,19H;1-2H3/b2-1+;. The van der Waals surface area contributed by atoms with Crippen LogP contribution in [0.5, 0.6) is 5.75 Å². The van der Waals surface area contributed by atoms with Crippen LogP contribution in [-0.2, 0) is 14.8 Å². The van der Waals surface area contributed by atoms with Crippen LogP contribution in [-0.4, -0.2) is 15.8 Å². The number of carbonyl (C=O) groups excluding carboxylic acids is 1. The fourth-order valence-corrected chi connectivity index (χ4v) is 2.51. The molecule has 11 heteroatoms. The van der Waals surface area contributed by atoms with Crippen LogP contribution in [0.25, 0.3) is 12.2 Å².